The summed E-state index contributed by atoms with van der Waals surface area (Å²) in [6.45, 7) is 3.18. The second-order valence-corrected chi connectivity index (χ2v) is 5.77. The predicted molar refractivity (Wildman–Crippen MR) is 96.2 cm³/mol. The number of amides is 1. The summed E-state index contributed by atoms with van der Waals surface area (Å²) in [6, 6.07) is 8.98. The van der Waals surface area contributed by atoms with Gasteiger partial charge in [-0.05, 0) is 56.3 Å². The maximum Gasteiger partial charge on any atom is 0.326 e. The van der Waals surface area contributed by atoms with Crippen LogP contribution in [0.3, 0.4) is 0 Å². The lowest BCUT2D eigenvalue weighted by molar-refractivity contribution is -0.145. The summed E-state index contributed by atoms with van der Waals surface area (Å²) in [7, 11) is 0. The highest BCUT2D eigenvalue weighted by molar-refractivity contribution is 6.00. The molecule has 0 spiro atoms. The molecule has 6 nitrogen and oxygen atoms in total. The van der Waals surface area contributed by atoms with Gasteiger partial charge in [-0.1, -0.05) is 0 Å². The molecule has 0 heterocycles. The van der Waals surface area contributed by atoms with Crippen molar-refractivity contribution in [1.82, 2.24) is 5.32 Å². The molecule has 0 bridgehead atoms. The van der Waals surface area contributed by atoms with Crippen molar-refractivity contribution in [2.24, 2.45) is 0 Å². The monoisotopic (exact) mass is 391 g/mol. The molecule has 1 N–H and O–H groups in total. The van der Waals surface area contributed by atoms with Gasteiger partial charge in [-0.2, -0.15) is 0 Å². The van der Waals surface area contributed by atoms with Crippen LogP contribution in [0.15, 0.2) is 42.5 Å². The first kappa shape index (κ1) is 21.0. The minimum atomic E-state index is -1.22. The Labute approximate surface area is 160 Å². The lowest BCUT2D eigenvalue weighted by Gasteiger charge is -2.13. The normalized spacial score (nSPS) is 11.4. The average molecular weight is 391 g/mol. The number of carbonyl (C=O) groups is 3. The lowest BCUT2D eigenvalue weighted by Crippen LogP contribution is -2.34. The number of hydrogen-bond donors (Lipinski definition) is 1. The number of Topliss-reactive ketones (excluding diaryl/α,β-unsaturated/α-hetero) is 1. The molecule has 1 unspecified atom stereocenters. The van der Waals surface area contributed by atoms with E-state index in [4.69, 9.17) is 9.47 Å². The Morgan fingerprint density at radius 2 is 1.64 bits per heavy atom. The fourth-order valence-corrected chi connectivity index (χ4v) is 2.30. The van der Waals surface area contributed by atoms with E-state index in [2.05, 4.69) is 5.32 Å². The van der Waals surface area contributed by atoms with Crippen molar-refractivity contribution >= 4 is 17.7 Å². The number of ether oxygens (including phenoxy) is 2. The van der Waals surface area contributed by atoms with Crippen LogP contribution in [0, 0.1) is 11.6 Å². The molecule has 0 aliphatic carbocycles. The van der Waals surface area contributed by atoms with E-state index < -0.39 is 41.9 Å². The predicted octanol–water partition coefficient (Wildman–Crippen LogP) is 2.91. The molecule has 1 atom stereocenters. The summed E-state index contributed by atoms with van der Waals surface area (Å²) in [5, 5.41) is 2.38. The van der Waals surface area contributed by atoms with Gasteiger partial charge in [0.05, 0.1) is 6.61 Å². The van der Waals surface area contributed by atoms with E-state index in [9.17, 15) is 23.2 Å². The van der Waals surface area contributed by atoms with Crippen molar-refractivity contribution < 1.29 is 32.6 Å². The van der Waals surface area contributed by atoms with Crippen LogP contribution in [0.25, 0.3) is 0 Å². The highest BCUT2D eigenvalue weighted by Crippen LogP contribution is 2.13. The summed E-state index contributed by atoms with van der Waals surface area (Å²) in [5.74, 6) is -3.68. The van der Waals surface area contributed by atoms with Gasteiger partial charge >= 0.3 is 5.97 Å². The van der Waals surface area contributed by atoms with Crippen LogP contribution in [0.2, 0.25) is 0 Å². The molecule has 28 heavy (non-hydrogen) atoms. The Hall–Kier alpha value is -3.29. The molecule has 0 aliphatic rings. The van der Waals surface area contributed by atoms with Gasteiger partial charge < -0.3 is 14.8 Å². The number of esters is 1. The number of nitrogens with one attached hydrogen (secondary N) is 1. The molecule has 1 amide bonds. The molecule has 0 aromatic heterocycles. The number of rotatable bonds is 8. The Bertz CT molecular complexity index is 867. The van der Waals surface area contributed by atoms with E-state index in [-0.39, 0.29) is 5.56 Å². The van der Waals surface area contributed by atoms with Crippen molar-refractivity contribution in [3.63, 3.8) is 0 Å². The molecular weight excluding hydrogens is 372 g/mol. The first-order valence-electron chi connectivity index (χ1n) is 8.51. The van der Waals surface area contributed by atoms with Crippen LogP contribution in [0.1, 0.15) is 34.6 Å². The van der Waals surface area contributed by atoms with Crippen LogP contribution < -0.4 is 10.1 Å². The zero-order chi connectivity index (χ0) is 20.7. The molecular formula is C20H19F2NO5. The van der Waals surface area contributed by atoms with Crippen molar-refractivity contribution in [3.8, 4) is 5.75 Å². The van der Waals surface area contributed by atoms with Gasteiger partial charge in [0, 0.05) is 11.1 Å². The van der Waals surface area contributed by atoms with Gasteiger partial charge in [-0.15, -0.1) is 0 Å². The summed E-state index contributed by atoms with van der Waals surface area (Å²) in [4.78, 5) is 36.0. The molecule has 0 saturated carbocycles. The highest BCUT2D eigenvalue weighted by atomic mass is 19.2. The molecule has 2 aromatic carbocycles. The molecule has 0 aliphatic heterocycles. The van der Waals surface area contributed by atoms with Gasteiger partial charge in [-0.25, -0.2) is 8.78 Å². The molecule has 2 aromatic rings. The highest BCUT2D eigenvalue weighted by Gasteiger charge is 2.21. The van der Waals surface area contributed by atoms with Crippen molar-refractivity contribution in [1.29, 1.82) is 0 Å². The Kier molecular flexibility index (Phi) is 7.20. The van der Waals surface area contributed by atoms with E-state index in [1.165, 1.54) is 6.92 Å². The van der Waals surface area contributed by atoms with Crippen LogP contribution >= 0.6 is 0 Å². The topological polar surface area (TPSA) is 81.7 Å². The number of carbonyl (C=O) groups excluding carboxylic acids is 3. The van der Waals surface area contributed by atoms with Crippen molar-refractivity contribution in [2.75, 3.05) is 13.2 Å². The summed E-state index contributed by atoms with van der Waals surface area (Å²) < 4.78 is 36.4. The molecule has 0 radical (unpaired) electrons. The lowest BCUT2D eigenvalue weighted by atomic mass is 10.1. The van der Waals surface area contributed by atoms with E-state index >= 15 is 0 Å². The minimum absolute atomic E-state index is 0.127. The van der Waals surface area contributed by atoms with Crippen LogP contribution in [0.4, 0.5) is 8.78 Å². The third-order valence-electron chi connectivity index (χ3n) is 3.70. The summed E-state index contributed by atoms with van der Waals surface area (Å²) >= 11 is 0. The van der Waals surface area contributed by atoms with Crippen LogP contribution in [-0.4, -0.2) is 36.9 Å². The van der Waals surface area contributed by atoms with E-state index in [1.807, 2.05) is 6.92 Å². The van der Waals surface area contributed by atoms with Crippen LogP contribution in [0.5, 0.6) is 5.75 Å². The standard InChI is InChI=1S/C20H19F2NO5/c1-3-27-15-7-4-13(5-8-15)20(26)23-11-18(24)28-12(2)19(25)14-6-9-16(21)17(22)10-14/h4-10,12H,3,11H2,1-2H3,(H,23,26). The van der Waals surface area contributed by atoms with E-state index in [1.54, 1.807) is 24.3 Å². The van der Waals surface area contributed by atoms with Crippen molar-refractivity contribution in [3.05, 3.63) is 65.2 Å². The van der Waals surface area contributed by atoms with Gasteiger partial charge in [-0.3, -0.25) is 14.4 Å². The first-order valence-corrected chi connectivity index (χ1v) is 8.51. The Morgan fingerprint density at radius 1 is 1.00 bits per heavy atom. The Morgan fingerprint density at radius 3 is 2.25 bits per heavy atom. The third kappa shape index (κ3) is 5.60. The maximum atomic E-state index is 13.2. The maximum absolute atomic E-state index is 13.2. The first-order chi connectivity index (χ1) is 13.3. The smallest absolute Gasteiger partial charge is 0.326 e. The molecule has 0 saturated heterocycles. The van der Waals surface area contributed by atoms with Gasteiger partial charge in [0.1, 0.15) is 12.3 Å². The van der Waals surface area contributed by atoms with E-state index in [0.29, 0.717) is 17.9 Å². The van der Waals surface area contributed by atoms with Gasteiger partial charge in [0.25, 0.3) is 5.91 Å². The fourth-order valence-electron chi connectivity index (χ4n) is 2.30. The molecule has 148 valence electrons. The number of benzene rings is 2. The fraction of sp³-hybridized carbons (Fsp3) is 0.250. The minimum Gasteiger partial charge on any atom is -0.494 e. The molecule has 0 fully saturated rings. The zero-order valence-corrected chi connectivity index (χ0v) is 15.3. The second kappa shape index (κ2) is 9.59. The van der Waals surface area contributed by atoms with Gasteiger partial charge in [0.2, 0.25) is 5.78 Å². The van der Waals surface area contributed by atoms with E-state index in [0.717, 1.165) is 18.2 Å². The quantitative estimate of drug-likeness (QED) is 0.553. The van der Waals surface area contributed by atoms with Crippen molar-refractivity contribution in [2.45, 2.75) is 20.0 Å². The van der Waals surface area contributed by atoms with Gasteiger partial charge in [0.15, 0.2) is 17.7 Å². The number of halogens is 2. The second-order valence-electron chi connectivity index (χ2n) is 5.77. The third-order valence-corrected chi connectivity index (χ3v) is 3.70. The average Bonchev–Trinajstić information content (AvgIpc) is 2.68. The molecule has 8 heteroatoms. The van der Waals surface area contributed by atoms with Crippen LogP contribution in [-0.2, 0) is 9.53 Å². The SMILES string of the molecule is CCOc1ccc(C(=O)NCC(=O)OC(C)C(=O)c2ccc(F)c(F)c2)cc1. The zero-order valence-electron chi connectivity index (χ0n) is 15.3. The largest absolute Gasteiger partial charge is 0.494 e. The summed E-state index contributed by atoms with van der Waals surface area (Å²) in [6.07, 6.45) is -1.22. The molecule has 2 rings (SSSR count). The number of ketones is 1. The summed E-state index contributed by atoms with van der Waals surface area (Å²) in [5.41, 5.74) is 0.194. The number of hydrogen-bond acceptors (Lipinski definition) is 5. The Balaban J connectivity index is 1.86.